The van der Waals surface area contributed by atoms with Crippen molar-refractivity contribution in [1.29, 1.82) is 0 Å². The molecular weight excluding hydrogens is 424 g/mol. The minimum Gasteiger partial charge on any atom is -0.348 e. The molecule has 0 unspecified atom stereocenters. The van der Waals surface area contributed by atoms with Gasteiger partial charge in [0.15, 0.2) is 0 Å². The average molecular weight is 445 g/mol. The van der Waals surface area contributed by atoms with Gasteiger partial charge in [-0.2, -0.15) is 0 Å². The summed E-state index contributed by atoms with van der Waals surface area (Å²) in [6.07, 6.45) is 0. The van der Waals surface area contributed by atoms with Gasteiger partial charge in [-0.05, 0) is 43.2 Å². The van der Waals surface area contributed by atoms with E-state index in [0.29, 0.717) is 12.1 Å². The summed E-state index contributed by atoms with van der Waals surface area (Å²) in [6, 6.07) is 24.0. The molecule has 3 nitrogen and oxygen atoms in total. The molecule has 4 heteroatoms. The lowest BCUT2D eigenvalue weighted by atomic mass is 10.0. The topological polar surface area (TPSA) is 42.0 Å². The minimum atomic E-state index is -0.105. The quantitative estimate of drug-likeness (QED) is 0.406. The van der Waals surface area contributed by atoms with Gasteiger partial charge in [-0.25, -0.2) is 4.98 Å². The molecule has 1 amide bonds. The summed E-state index contributed by atoms with van der Waals surface area (Å²) >= 11 is 3.55. The molecule has 0 saturated heterocycles. The monoisotopic (exact) mass is 444 g/mol. The van der Waals surface area contributed by atoms with Crippen LogP contribution in [0.5, 0.6) is 0 Å². The average Bonchev–Trinajstić information content (AvgIpc) is 2.73. The second-order valence-electron chi connectivity index (χ2n) is 7.21. The fourth-order valence-corrected chi connectivity index (χ4v) is 3.96. The van der Waals surface area contributed by atoms with Crippen molar-refractivity contribution in [3.8, 4) is 11.3 Å². The fourth-order valence-electron chi connectivity index (χ4n) is 3.39. The number of benzene rings is 3. The number of aromatic nitrogens is 1. The number of nitrogens with one attached hydrogen (secondary N) is 1. The van der Waals surface area contributed by atoms with Crippen LogP contribution < -0.4 is 5.32 Å². The van der Waals surface area contributed by atoms with Crippen molar-refractivity contribution in [3.63, 3.8) is 0 Å². The van der Waals surface area contributed by atoms with E-state index in [1.807, 2.05) is 67.6 Å². The number of carbonyl (C=O) groups is 1. The fraction of sp³-hybridized carbons (Fsp3) is 0.120. The first-order valence-electron chi connectivity index (χ1n) is 9.51. The summed E-state index contributed by atoms with van der Waals surface area (Å²) in [4.78, 5) is 18.0. The Balaban J connectivity index is 1.79. The van der Waals surface area contributed by atoms with Crippen molar-refractivity contribution in [1.82, 2.24) is 10.3 Å². The van der Waals surface area contributed by atoms with E-state index in [1.165, 1.54) is 5.56 Å². The Hall–Kier alpha value is -2.98. The highest BCUT2D eigenvalue weighted by atomic mass is 79.9. The molecule has 144 valence electrons. The number of nitrogens with zero attached hydrogens (tertiary/aromatic N) is 1. The normalized spacial score (nSPS) is 10.9. The van der Waals surface area contributed by atoms with Crippen LogP contribution in [0.3, 0.4) is 0 Å². The largest absolute Gasteiger partial charge is 0.348 e. The van der Waals surface area contributed by atoms with Crippen molar-refractivity contribution in [3.05, 3.63) is 99.5 Å². The molecule has 0 atom stereocenters. The van der Waals surface area contributed by atoms with Crippen LogP contribution in [0.4, 0.5) is 0 Å². The highest BCUT2D eigenvalue weighted by molar-refractivity contribution is 9.10. The number of hydrogen-bond acceptors (Lipinski definition) is 2. The molecule has 1 heterocycles. The van der Waals surface area contributed by atoms with Gasteiger partial charge in [0.1, 0.15) is 0 Å². The summed E-state index contributed by atoms with van der Waals surface area (Å²) in [5, 5.41) is 3.90. The van der Waals surface area contributed by atoms with E-state index < -0.39 is 0 Å². The maximum atomic E-state index is 13.1. The van der Waals surface area contributed by atoms with Crippen molar-refractivity contribution >= 4 is 32.7 Å². The van der Waals surface area contributed by atoms with Crippen LogP contribution in [0.1, 0.15) is 27.0 Å². The third kappa shape index (κ3) is 4.22. The van der Waals surface area contributed by atoms with Gasteiger partial charge in [0, 0.05) is 22.0 Å². The van der Waals surface area contributed by atoms with Gasteiger partial charge >= 0.3 is 0 Å². The van der Waals surface area contributed by atoms with E-state index in [4.69, 9.17) is 4.98 Å². The molecule has 0 fully saturated rings. The van der Waals surface area contributed by atoms with E-state index in [2.05, 4.69) is 40.3 Å². The van der Waals surface area contributed by atoms with Gasteiger partial charge in [0.05, 0.1) is 16.8 Å². The van der Waals surface area contributed by atoms with Crippen LogP contribution in [-0.2, 0) is 6.54 Å². The molecule has 29 heavy (non-hydrogen) atoms. The first kappa shape index (κ1) is 19.3. The molecule has 4 aromatic rings. The van der Waals surface area contributed by atoms with Gasteiger partial charge in [-0.1, -0.05) is 76.1 Å². The van der Waals surface area contributed by atoms with Crippen molar-refractivity contribution in [2.24, 2.45) is 0 Å². The van der Waals surface area contributed by atoms with Crippen LogP contribution in [0, 0.1) is 13.8 Å². The highest BCUT2D eigenvalue weighted by Gasteiger charge is 2.16. The predicted molar refractivity (Wildman–Crippen MR) is 122 cm³/mol. The number of amides is 1. The molecule has 0 aliphatic heterocycles. The zero-order valence-corrected chi connectivity index (χ0v) is 18.0. The van der Waals surface area contributed by atoms with Crippen LogP contribution in [0.25, 0.3) is 22.2 Å². The lowest BCUT2D eigenvalue weighted by Crippen LogP contribution is -2.23. The number of aryl methyl sites for hydroxylation is 2. The number of carbonyl (C=O) groups excluding carboxylic acids is 1. The minimum absolute atomic E-state index is 0.105. The van der Waals surface area contributed by atoms with Crippen molar-refractivity contribution in [2.75, 3.05) is 0 Å². The van der Waals surface area contributed by atoms with Gasteiger partial charge in [-0.15, -0.1) is 0 Å². The second kappa shape index (κ2) is 8.18. The summed E-state index contributed by atoms with van der Waals surface area (Å²) in [7, 11) is 0. The Morgan fingerprint density at radius 2 is 1.69 bits per heavy atom. The summed E-state index contributed by atoms with van der Waals surface area (Å²) in [5.41, 5.74) is 6.55. The van der Waals surface area contributed by atoms with E-state index in [0.717, 1.165) is 37.8 Å². The molecule has 1 aromatic heterocycles. The number of hydrogen-bond donors (Lipinski definition) is 1. The number of fused-ring (bicyclic) bond motifs is 1. The zero-order valence-electron chi connectivity index (χ0n) is 16.4. The van der Waals surface area contributed by atoms with E-state index in [9.17, 15) is 4.79 Å². The Labute approximate surface area is 178 Å². The van der Waals surface area contributed by atoms with E-state index in [-0.39, 0.29) is 5.91 Å². The third-order valence-electron chi connectivity index (χ3n) is 4.96. The summed E-state index contributed by atoms with van der Waals surface area (Å²) in [6.45, 7) is 4.56. The van der Waals surface area contributed by atoms with Crippen LogP contribution in [0.15, 0.2) is 77.3 Å². The molecular formula is C25H21BrN2O. The number of pyridine rings is 1. The molecule has 0 aliphatic carbocycles. The predicted octanol–water partition coefficient (Wildman–Crippen LogP) is 6.21. The zero-order chi connectivity index (χ0) is 20.4. The molecule has 0 aliphatic rings. The van der Waals surface area contributed by atoms with Crippen LogP contribution in [-0.4, -0.2) is 10.9 Å². The molecule has 0 bridgehead atoms. The number of halogens is 1. The molecule has 0 saturated carbocycles. The van der Waals surface area contributed by atoms with Crippen molar-refractivity contribution < 1.29 is 4.79 Å². The van der Waals surface area contributed by atoms with Crippen LogP contribution >= 0.6 is 15.9 Å². The Morgan fingerprint density at radius 3 is 2.41 bits per heavy atom. The van der Waals surface area contributed by atoms with Crippen molar-refractivity contribution in [2.45, 2.75) is 20.4 Å². The van der Waals surface area contributed by atoms with Crippen LogP contribution in [0.2, 0.25) is 0 Å². The SMILES string of the molecule is Cc1ccc(-c2cc(C(=O)NCc3ccccc3)c3cc(Br)cc(C)c3n2)cc1. The maximum Gasteiger partial charge on any atom is 0.252 e. The molecule has 4 rings (SSSR count). The second-order valence-corrected chi connectivity index (χ2v) is 8.12. The molecule has 0 radical (unpaired) electrons. The molecule has 1 N–H and O–H groups in total. The van der Waals surface area contributed by atoms with E-state index in [1.54, 1.807) is 0 Å². The standard InChI is InChI=1S/C25H21BrN2O/c1-16-8-10-19(11-9-16)23-14-22(21-13-20(26)12-17(2)24(21)28-23)25(29)27-15-18-6-4-3-5-7-18/h3-14H,15H2,1-2H3,(H,27,29). The van der Waals surface area contributed by atoms with Gasteiger partial charge in [-0.3, -0.25) is 4.79 Å². The lowest BCUT2D eigenvalue weighted by Gasteiger charge is -2.13. The summed E-state index contributed by atoms with van der Waals surface area (Å²) < 4.78 is 0.935. The lowest BCUT2D eigenvalue weighted by molar-refractivity contribution is 0.0952. The van der Waals surface area contributed by atoms with Gasteiger partial charge < -0.3 is 5.32 Å². The smallest absolute Gasteiger partial charge is 0.252 e. The summed E-state index contributed by atoms with van der Waals surface area (Å²) in [5.74, 6) is -0.105. The van der Waals surface area contributed by atoms with Gasteiger partial charge in [0.2, 0.25) is 0 Å². The van der Waals surface area contributed by atoms with E-state index >= 15 is 0 Å². The third-order valence-corrected chi connectivity index (χ3v) is 5.41. The van der Waals surface area contributed by atoms with Gasteiger partial charge in [0.25, 0.3) is 5.91 Å². The molecule has 3 aromatic carbocycles. The number of rotatable bonds is 4. The highest BCUT2D eigenvalue weighted by Crippen LogP contribution is 2.29. The molecule has 0 spiro atoms. The maximum absolute atomic E-state index is 13.1. The first-order chi connectivity index (χ1) is 14.0. The Morgan fingerprint density at radius 1 is 0.966 bits per heavy atom. The first-order valence-corrected chi connectivity index (χ1v) is 10.3. The Kier molecular flexibility index (Phi) is 5.45. The Bertz CT molecular complexity index is 1190.